The molecule has 0 saturated carbocycles. The van der Waals surface area contributed by atoms with Crippen molar-refractivity contribution in [1.29, 1.82) is 0 Å². The molecular weight excluding hydrogens is 230 g/mol. The minimum absolute atomic E-state index is 0.339. The van der Waals surface area contributed by atoms with E-state index in [9.17, 15) is 5.11 Å². The fourth-order valence-corrected chi connectivity index (χ4v) is 1.82. The topological polar surface area (TPSA) is 32.3 Å². The zero-order valence-electron chi connectivity index (χ0n) is 7.89. The van der Waals surface area contributed by atoms with Gasteiger partial charge in [-0.3, -0.25) is 0 Å². The second-order valence-corrected chi connectivity index (χ2v) is 3.89. The van der Waals surface area contributed by atoms with Gasteiger partial charge in [0.15, 0.2) is 0 Å². The zero-order chi connectivity index (χ0) is 9.84. The Bertz CT molecular complexity index is 299. The van der Waals surface area contributed by atoms with Gasteiger partial charge >= 0.3 is 0 Å². The van der Waals surface area contributed by atoms with E-state index >= 15 is 0 Å². The molecule has 0 amide bonds. The van der Waals surface area contributed by atoms with Crippen LogP contribution in [0, 0.1) is 6.92 Å². The highest BCUT2D eigenvalue weighted by Crippen LogP contribution is 2.29. The number of hydrogen-bond donors (Lipinski definition) is 2. The molecule has 3 heteroatoms. The van der Waals surface area contributed by atoms with Crippen LogP contribution in [0.4, 0.5) is 0 Å². The van der Waals surface area contributed by atoms with Gasteiger partial charge in [-0.05, 0) is 41.0 Å². The number of phenolic OH excluding ortho intramolecular Hbond substituents is 1. The zero-order valence-corrected chi connectivity index (χ0v) is 9.48. The van der Waals surface area contributed by atoms with E-state index in [1.54, 1.807) is 0 Å². The summed E-state index contributed by atoms with van der Waals surface area (Å²) >= 11 is 3.31. The summed E-state index contributed by atoms with van der Waals surface area (Å²) in [6.45, 7) is 5.68. The van der Waals surface area contributed by atoms with Crippen molar-refractivity contribution >= 4 is 15.9 Å². The lowest BCUT2D eigenvalue weighted by molar-refractivity contribution is 0.461. The molecule has 0 spiro atoms. The number of phenols is 1. The molecule has 0 atom stereocenters. The average molecular weight is 244 g/mol. The maximum Gasteiger partial charge on any atom is 0.134 e. The van der Waals surface area contributed by atoms with E-state index < -0.39 is 0 Å². The molecule has 2 N–H and O–H groups in total. The minimum Gasteiger partial charge on any atom is -0.506 e. The number of halogens is 1. The Labute approximate surface area is 87.1 Å². The Hall–Kier alpha value is -0.540. The van der Waals surface area contributed by atoms with E-state index in [0.29, 0.717) is 12.3 Å². The van der Waals surface area contributed by atoms with E-state index in [2.05, 4.69) is 21.2 Å². The summed E-state index contributed by atoms with van der Waals surface area (Å²) in [6, 6.07) is 3.90. The Kier molecular flexibility index (Phi) is 3.75. The van der Waals surface area contributed by atoms with Crippen LogP contribution < -0.4 is 5.32 Å². The predicted octanol–water partition coefficient (Wildman–Crippen LogP) is 2.57. The molecule has 0 bridgehead atoms. The molecule has 1 aromatic rings. The molecule has 1 aromatic carbocycles. The normalized spacial score (nSPS) is 10.4. The van der Waals surface area contributed by atoms with Gasteiger partial charge < -0.3 is 10.4 Å². The van der Waals surface area contributed by atoms with Crippen LogP contribution in [0.15, 0.2) is 16.6 Å². The van der Waals surface area contributed by atoms with Gasteiger partial charge in [-0.15, -0.1) is 0 Å². The fraction of sp³-hybridized carbons (Fsp3) is 0.400. The fourth-order valence-electron chi connectivity index (χ4n) is 1.20. The first kappa shape index (κ1) is 10.5. The quantitative estimate of drug-likeness (QED) is 0.856. The van der Waals surface area contributed by atoms with Gasteiger partial charge in [-0.1, -0.05) is 13.0 Å². The van der Waals surface area contributed by atoms with Crippen molar-refractivity contribution < 1.29 is 5.11 Å². The predicted molar refractivity (Wildman–Crippen MR) is 57.9 cm³/mol. The number of aromatic hydroxyl groups is 1. The highest BCUT2D eigenvalue weighted by molar-refractivity contribution is 9.10. The number of benzene rings is 1. The summed E-state index contributed by atoms with van der Waals surface area (Å²) < 4.78 is 0.764. The van der Waals surface area contributed by atoms with Crippen molar-refractivity contribution in [3.05, 3.63) is 27.7 Å². The van der Waals surface area contributed by atoms with Crippen molar-refractivity contribution in [1.82, 2.24) is 5.32 Å². The van der Waals surface area contributed by atoms with Gasteiger partial charge in [-0.25, -0.2) is 0 Å². The van der Waals surface area contributed by atoms with Crippen molar-refractivity contribution in [3.8, 4) is 5.75 Å². The average Bonchev–Trinajstić information content (AvgIpc) is 2.09. The molecule has 0 saturated heterocycles. The Morgan fingerprint density at radius 3 is 2.77 bits per heavy atom. The van der Waals surface area contributed by atoms with Crippen LogP contribution in [-0.4, -0.2) is 11.7 Å². The first-order chi connectivity index (χ1) is 6.15. The molecular formula is C10H14BrNO. The third-order valence-corrected chi connectivity index (χ3v) is 2.46. The monoisotopic (exact) mass is 243 g/mol. The summed E-state index contributed by atoms with van der Waals surface area (Å²) in [5, 5.41) is 12.8. The maximum atomic E-state index is 9.66. The highest BCUT2D eigenvalue weighted by Gasteiger charge is 2.05. The molecule has 0 aliphatic carbocycles. The van der Waals surface area contributed by atoms with Crippen LogP contribution in [0.5, 0.6) is 5.75 Å². The number of rotatable bonds is 3. The van der Waals surface area contributed by atoms with Crippen LogP contribution in [0.25, 0.3) is 0 Å². The van der Waals surface area contributed by atoms with Gasteiger partial charge in [-0.2, -0.15) is 0 Å². The van der Waals surface area contributed by atoms with Crippen molar-refractivity contribution in [2.24, 2.45) is 0 Å². The van der Waals surface area contributed by atoms with E-state index in [1.165, 1.54) is 0 Å². The van der Waals surface area contributed by atoms with E-state index in [1.807, 2.05) is 26.0 Å². The second kappa shape index (κ2) is 4.63. The summed E-state index contributed by atoms with van der Waals surface area (Å²) in [7, 11) is 0. The smallest absolute Gasteiger partial charge is 0.134 e. The van der Waals surface area contributed by atoms with Gasteiger partial charge in [0, 0.05) is 12.1 Å². The summed E-state index contributed by atoms with van der Waals surface area (Å²) in [5.74, 6) is 0.339. The molecule has 1 rings (SSSR count). The highest BCUT2D eigenvalue weighted by atomic mass is 79.9. The van der Waals surface area contributed by atoms with Gasteiger partial charge in [0.2, 0.25) is 0 Å². The SMILES string of the molecule is CCNCc1cc(C)cc(Br)c1O. The molecule has 0 fully saturated rings. The molecule has 72 valence electrons. The lowest BCUT2D eigenvalue weighted by Gasteiger charge is -2.08. The van der Waals surface area contributed by atoms with E-state index in [4.69, 9.17) is 0 Å². The molecule has 0 radical (unpaired) electrons. The molecule has 13 heavy (non-hydrogen) atoms. The largest absolute Gasteiger partial charge is 0.506 e. The molecule has 0 aliphatic rings. The molecule has 0 unspecified atom stereocenters. The van der Waals surface area contributed by atoms with Gasteiger partial charge in [0.25, 0.3) is 0 Å². The molecule has 0 aliphatic heterocycles. The van der Waals surface area contributed by atoms with Gasteiger partial charge in [0.05, 0.1) is 4.47 Å². The van der Waals surface area contributed by atoms with Crippen LogP contribution in [0.1, 0.15) is 18.1 Å². The lowest BCUT2D eigenvalue weighted by atomic mass is 10.1. The Morgan fingerprint density at radius 2 is 2.15 bits per heavy atom. The molecule has 0 aromatic heterocycles. The second-order valence-electron chi connectivity index (χ2n) is 3.03. The summed E-state index contributed by atoms with van der Waals surface area (Å²) in [6.07, 6.45) is 0. The first-order valence-corrected chi connectivity index (χ1v) is 5.13. The summed E-state index contributed by atoms with van der Waals surface area (Å²) in [4.78, 5) is 0. The molecule has 0 heterocycles. The standard InChI is InChI=1S/C10H14BrNO/c1-3-12-6-8-4-7(2)5-9(11)10(8)13/h4-5,12-13H,3,6H2,1-2H3. The van der Waals surface area contributed by atoms with Crippen LogP contribution in [0.3, 0.4) is 0 Å². The maximum absolute atomic E-state index is 9.66. The van der Waals surface area contributed by atoms with Crippen molar-refractivity contribution in [3.63, 3.8) is 0 Å². The van der Waals surface area contributed by atoms with E-state index in [-0.39, 0.29) is 0 Å². The Balaban J connectivity index is 2.92. The minimum atomic E-state index is 0.339. The Morgan fingerprint density at radius 1 is 1.46 bits per heavy atom. The number of nitrogens with one attached hydrogen (secondary N) is 1. The van der Waals surface area contributed by atoms with Crippen molar-refractivity contribution in [2.75, 3.05) is 6.54 Å². The van der Waals surface area contributed by atoms with Crippen LogP contribution in [-0.2, 0) is 6.54 Å². The summed E-state index contributed by atoms with van der Waals surface area (Å²) in [5.41, 5.74) is 2.09. The third-order valence-electron chi connectivity index (χ3n) is 1.85. The third kappa shape index (κ3) is 2.71. The van der Waals surface area contributed by atoms with Gasteiger partial charge in [0.1, 0.15) is 5.75 Å². The van der Waals surface area contributed by atoms with Crippen LogP contribution in [0.2, 0.25) is 0 Å². The lowest BCUT2D eigenvalue weighted by Crippen LogP contribution is -2.11. The van der Waals surface area contributed by atoms with Crippen molar-refractivity contribution in [2.45, 2.75) is 20.4 Å². The van der Waals surface area contributed by atoms with E-state index in [0.717, 1.165) is 22.1 Å². The first-order valence-electron chi connectivity index (χ1n) is 4.34. The number of hydrogen-bond acceptors (Lipinski definition) is 2. The molecule has 2 nitrogen and oxygen atoms in total. The number of aryl methyl sites for hydroxylation is 1. The van der Waals surface area contributed by atoms with Crippen LogP contribution >= 0.6 is 15.9 Å².